The maximum Gasteiger partial charge on any atom is 0.319 e. The monoisotopic (exact) mass is 395 g/mol. The minimum absolute atomic E-state index is 0.288. The summed E-state index contributed by atoms with van der Waals surface area (Å²) in [5.41, 5.74) is 8.69. The van der Waals surface area contributed by atoms with E-state index < -0.39 is 0 Å². The maximum atomic E-state index is 12.3. The van der Waals surface area contributed by atoms with Crippen molar-refractivity contribution < 1.29 is 9.59 Å². The molecule has 1 heterocycles. The summed E-state index contributed by atoms with van der Waals surface area (Å²) in [6, 6.07) is 16.6. The number of carbonyl (C=O) groups is 2. The number of para-hydroxylation sites is 2. The highest BCUT2D eigenvalue weighted by Gasteiger charge is 2.08. The van der Waals surface area contributed by atoms with E-state index >= 15 is 0 Å². The third kappa shape index (κ3) is 5.21. The molecule has 0 saturated carbocycles. The number of nitrogens with two attached hydrogens (primary N) is 1. The van der Waals surface area contributed by atoms with Crippen molar-refractivity contribution in [1.82, 2.24) is 10.3 Å². The topological polar surface area (TPSA) is 109 Å². The Bertz CT molecular complexity index is 975. The fourth-order valence-corrected chi connectivity index (χ4v) is 2.49. The zero-order valence-electron chi connectivity index (χ0n) is 14.8. The van der Waals surface area contributed by atoms with Gasteiger partial charge in [-0.2, -0.15) is 0 Å². The number of hydrogen-bond acceptors (Lipinski definition) is 4. The van der Waals surface area contributed by atoms with Crippen LogP contribution in [-0.4, -0.2) is 16.9 Å². The molecule has 2 aromatic carbocycles. The summed E-state index contributed by atoms with van der Waals surface area (Å²) in [5.74, 6) is -0.288. The standard InChI is InChI=1S/C20H18ClN5O2/c21-18-10-5-13(11-23-18)12-24-20(28)25-15-8-6-14(7-9-15)19(27)26-17-4-2-1-3-16(17)22/h1-11H,12,22H2,(H,26,27)(H2,24,25,28). The van der Waals surface area contributed by atoms with Crippen LogP contribution in [0.3, 0.4) is 0 Å². The SMILES string of the molecule is Nc1ccccc1NC(=O)c1ccc(NC(=O)NCc2ccc(Cl)nc2)cc1. The molecule has 0 aliphatic heterocycles. The van der Waals surface area contributed by atoms with Gasteiger partial charge in [-0.15, -0.1) is 0 Å². The van der Waals surface area contributed by atoms with Gasteiger partial charge in [-0.1, -0.05) is 29.8 Å². The lowest BCUT2D eigenvalue weighted by Crippen LogP contribution is -2.28. The number of nitrogens with one attached hydrogen (secondary N) is 3. The van der Waals surface area contributed by atoms with Crippen molar-refractivity contribution in [2.24, 2.45) is 0 Å². The molecule has 3 amide bonds. The molecule has 0 fully saturated rings. The van der Waals surface area contributed by atoms with E-state index in [0.717, 1.165) is 5.56 Å². The molecule has 0 bridgehead atoms. The molecule has 28 heavy (non-hydrogen) atoms. The molecular formula is C20H18ClN5O2. The van der Waals surface area contributed by atoms with Crippen molar-refractivity contribution in [2.45, 2.75) is 6.54 Å². The Balaban J connectivity index is 1.53. The maximum absolute atomic E-state index is 12.3. The first-order valence-corrected chi connectivity index (χ1v) is 8.80. The molecule has 142 valence electrons. The van der Waals surface area contributed by atoms with Gasteiger partial charge in [0.25, 0.3) is 5.91 Å². The van der Waals surface area contributed by atoms with E-state index in [4.69, 9.17) is 17.3 Å². The molecule has 0 aliphatic carbocycles. The zero-order valence-corrected chi connectivity index (χ0v) is 15.5. The van der Waals surface area contributed by atoms with Crippen LogP contribution in [0.5, 0.6) is 0 Å². The van der Waals surface area contributed by atoms with Crippen LogP contribution in [-0.2, 0) is 6.54 Å². The second-order valence-corrected chi connectivity index (χ2v) is 6.30. The first kappa shape index (κ1) is 19.2. The Morgan fingerprint density at radius 2 is 1.71 bits per heavy atom. The number of hydrogen-bond donors (Lipinski definition) is 4. The smallest absolute Gasteiger partial charge is 0.319 e. The molecule has 0 aliphatic rings. The quantitative estimate of drug-likeness (QED) is 0.388. The van der Waals surface area contributed by atoms with Gasteiger partial charge in [-0.05, 0) is 48.0 Å². The van der Waals surface area contributed by atoms with Crippen molar-refractivity contribution in [3.05, 3.63) is 83.1 Å². The Kier molecular flexibility index (Phi) is 6.08. The summed E-state index contributed by atoms with van der Waals surface area (Å²) >= 11 is 5.72. The number of halogens is 1. The molecule has 3 aromatic rings. The van der Waals surface area contributed by atoms with Crippen molar-refractivity contribution in [3.63, 3.8) is 0 Å². The fraction of sp³-hybridized carbons (Fsp3) is 0.0500. The number of nitrogens with zero attached hydrogens (tertiary/aromatic N) is 1. The first-order valence-electron chi connectivity index (χ1n) is 8.42. The van der Waals surface area contributed by atoms with E-state index in [-0.39, 0.29) is 11.9 Å². The number of aromatic nitrogens is 1. The number of anilines is 3. The van der Waals surface area contributed by atoms with E-state index in [2.05, 4.69) is 20.9 Å². The van der Waals surface area contributed by atoms with Gasteiger partial charge < -0.3 is 21.7 Å². The molecule has 0 unspecified atom stereocenters. The number of carbonyl (C=O) groups excluding carboxylic acids is 2. The third-order valence-corrected chi connectivity index (χ3v) is 4.08. The number of urea groups is 1. The molecule has 3 rings (SSSR count). The second kappa shape index (κ2) is 8.88. The number of pyridine rings is 1. The normalized spacial score (nSPS) is 10.2. The molecule has 0 atom stereocenters. The van der Waals surface area contributed by atoms with Crippen LogP contribution in [0.4, 0.5) is 21.9 Å². The molecule has 0 radical (unpaired) electrons. The molecule has 0 spiro atoms. The predicted octanol–water partition coefficient (Wildman–Crippen LogP) is 3.89. The van der Waals surface area contributed by atoms with Crippen LogP contribution in [0.15, 0.2) is 66.9 Å². The van der Waals surface area contributed by atoms with Gasteiger partial charge in [0.1, 0.15) is 5.15 Å². The number of nitrogen functional groups attached to an aromatic ring is 1. The molecule has 0 saturated heterocycles. The summed E-state index contributed by atoms with van der Waals surface area (Å²) in [5, 5.41) is 8.56. The Morgan fingerprint density at radius 3 is 2.39 bits per heavy atom. The number of amides is 3. The summed E-state index contributed by atoms with van der Waals surface area (Å²) < 4.78 is 0. The average Bonchev–Trinajstić information content (AvgIpc) is 2.70. The third-order valence-electron chi connectivity index (χ3n) is 3.86. The summed E-state index contributed by atoms with van der Waals surface area (Å²) in [7, 11) is 0. The zero-order chi connectivity index (χ0) is 19.9. The van der Waals surface area contributed by atoms with Crippen molar-refractivity contribution in [2.75, 3.05) is 16.4 Å². The molecule has 7 nitrogen and oxygen atoms in total. The van der Waals surface area contributed by atoms with E-state index in [1.165, 1.54) is 0 Å². The van der Waals surface area contributed by atoms with Crippen molar-refractivity contribution >= 4 is 40.6 Å². The molecule has 5 N–H and O–H groups in total. The van der Waals surface area contributed by atoms with Gasteiger partial charge in [-0.3, -0.25) is 4.79 Å². The van der Waals surface area contributed by atoms with Gasteiger partial charge in [0.2, 0.25) is 0 Å². The van der Waals surface area contributed by atoms with E-state index in [1.807, 2.05) is 0 Å². The van der Waals surface area contributed by atoms with E-state index in [9.17, 15) is 9.59 Å². The summed E-state index contributed by atoms with van der Waals surface area (Å²) in [6.07, 6.45) is 1.59. The fourth-order valence-electron chi connectivity index (χ4n) is 2.38. The van der Waals surface area contributed by atoms with Crippen LogP contribution in [0.25, 0.3) is 0 Å². The summed E-state index contributed by atoms with van der Waals surface area (Å²) in [6.45, 7) is 0.314. The second-order valence-electron chi connectivity index (χ2n) is 5.92. The van der Waals surface area contributed by atoms with Crippen LogP contribution >= 0.6 is 11.6 Å². The molecule has 1 aromatic heterocycles. The first-order chi connectivity index (χ1) is 13.5. The molecule has 8 heteroatoms. The lowest BCUT2D eigenvalue weighted by Gasteiger charge is -2.10. The van der Waals surface area contributed by atoms with Crippen LogP contribution < -0.4 is 21.7 Å². The van der Waals surface area contributed by atoms with Gasteiger partial charge in [-0.25, -0.2) is 9.78 Å². The average molecular weight is 396 g/mol. The minimum Gasteiger partial charge on any atom is -0.397 e. The van der Waals surface area contributed by atoms with Gasteiger partial charge >= 0.3 is 6.03 Å². The van der Waals surface area contributed by atoms with Crippen LogP contribution in [0, 0.1) is 0 Å². The van der Waals surface area contributed by atoms with E-state index in [1.54, 1.807) is 66.9 Å². The highest BCUT2D eigenvalue weighted by molar-refractivity contribution is 6.29. The van der Waals surface area contributed by atoms with Crippen LogP contribution in [0.2, 0.25) is 5.15 Å². The summed E-state index contributed by atoms with van der Waals surface area (Å²) in [4.78, 5) is 28.2. The van der Waals surface area contributed by atoms with Gasteiger partial charge in [0, 0.05) is 24.0 Å². The number of benzene rings is 2. The van der Waals surface area contributed by atoms with Gasteiger partial charge in [0.05, 0.1) is 11.4 Å². The highest BCUT2D eigenvalue weighted by atomic mass is 35.5. The van der Waals surface area contributed by atoms with E-state index in [0.29, 0.717) is 34.3 Å². The Hall–Kier alpha value is -3.58. The lowest BCUT2D eigenvalue weighted by atomic mass is 10.2. The highest BCUT2D eigenvalue weighted by Crippen LogP contribution is 2.18. The Morgan fingerprint density at radius 1 is 0.964 bits per heavy atom. The lowest BCUT2D eigenvalue weighted by molar-refractivity contribution is 0.102. The van der Waals surface area contributed by atoms with Crippen molar-refractivity contribution in [1.29, 1.82) is 0 Å². The van der Waals surface area contributed by atoms with Crippen molar-refractivity contribution in [3.8, 4) is 0 Å². The molecular weight excluding hydrogens is 378 g/mol. The minimum atomic E-state index is -0.371. The van der Waals surface area contributed by atoms with Gasteiger partial charge in [0.15, 0.2) is 0 Å². The Labute approximate surface area is 166 Å². The largest absolute Gasteiger partial charge is 0.397 e. The van der Waals surface area contributed by atoms with Crippen LogP contribution in [0.1, 0.15) is 15.9 Å². The number of rotatable bonds is 5. The predicted molar refractivity (Wildman–Crippen MR) is 110 cm³/mol.